The molecular formula is C48H70F3N7O9. The molecule has 0 bridgehead atoms. The molecule has 1 aromatic heterocycles. The van der Waals surface area contributed by atoms with Crippen LogP contribution in [0.15, 0.2) is 65.1 Å². The summed E-state index contributed by atoms with van der Waals surface area (Å²) < 4.78 is 50.1. The van der Waals surface area contributed by atoms with Crippen LogP contribution in [0.2, 0.25) is 0 Å². The highest BCUT2D eigenvalue weighted by atomic mass is 19.4. The van der Waals surface area contributed by atoms with E-state index in [4.69, 9.17) is 23.8 Å². The maximum absolute atomic E-state index is 14.4. The van der Waals surface area contributed by atoms with E-state index in [0.717, 1.165) is 24.0 Å². The maximum Gasteiger partial charge on any atom is 0.490 e. The van der Waals surface area contributed by atoms with Crippen molar-refractivity contribution in [1.82, 2.24) is 35.9 Å². The van der Waals surface area contributed by atoms with Crippen molar-refractivity contribution >= 4 is 29.6 Å². The second-order valence-corrected chi connectivity index (χ2v) is 17.7. The molecule has 9 atom stereocenters. The summed E-state index contributed by atoms with van der Waals surface area (Å²) in [4.78, 5) is 68.3. The van der Waals surface area contributed by atoms with E-state index in [1.807, 2.05) is 112 Å². The number of likely N-dealkylation sites (tertiary alicyclic amines) is 1. The minimum Gasteiger partial charge on any atom is -0.475 e. The molecule has 0 spiro atoms. The van der Waals surface area contributed by atoms with Gasteiger partial charge in [0.2, 0.25) is 35.4 Å². The fourth-order valence-electron chi connectivity index (χ4n) is 8.80. The lowest BCUT2D eigenvalue weighted by Gasteiger charge is -2.43. The highest BCUT2D eigenvalue weighted by Crippen LogP contribution is 2.31. The van der Waals surface area contributed by atoms with Crippen molar-refractivity contribution < 1.29 is 56.1 Å². The first-order valence-corrected chi connectivity index (χ1v) is 22.7. The molecule has 4 rings (SSSR count). The van der Waals surface area contributed by atoms with Crippen molar-refractivity contribution in [2.45, 2.75) is 129 Å². The van der Waals surface area contributed by atoms with Crippen molar-refractivity contribution in [3.8, 4) is 11.5 Å². The number of methoxy groups -OCH3 is 2. The van der Waals surface area contributed by atoms with Crippen LogP contribution in [0.1, 0.15) is 91.6 Å². The molecule has 19 heteroatoms. The Bertz CT molecular complexity index is 2020. The Morgan fingerprint density at radius 1 is 0.896 bits per heavy atom. The average Bonchev–Trinajstić information content (AvgIpc) is 3.98. The fraction of sp³-hybridized carbons (Fsp3) is 0.604. The molecule has 1 aliphatic rings. The number of rotatable bonds is 22. The number of ether oxygens (including phenoxy) is 2. The fourth-order valence-corrected chi connectivity index (χ4v) is 8.80. The molecular weight excluding hydrogens is 876 g/mol. The number of amides is 4. The number of nitrogens with zero attached hydrogens (tertiary/aromatic N) is 4. The Labute approximate surface area is 392 Å². The van der Waals surface area contributed by atoms with Gasteiger partial charge in [0.05, 0.1) is 42.7 Å². The lowest BCUT2D eigenvalue weighted by Crippen LogP contribution is -2.60. The summed E-state index contributed by atoms with van der Waals surface area (Å²) in [6.45, 7) is 14.3. The van der Waals surface area contributed by atoms with Crippen molar-refractivity contribution in [1.29, 1.82) is 0 Å². The molecule has 1 saturated heterocycles. The largest absolute Gasteiger partial charge is 0.490 e. The first-order chi connectivity index (χ1) is 31.6. The number of carboxylic acids is 1. The number of nitrogens with one attached hydrogen (secondary N) is 3. The van der Waals surface area contributed by atoms with Gasteiger partial charge >= 0.3 is 12.1 Å². The van der Waals surface area contributed by atoms with Crippen LogP contribution in [0, 0.1) is 23.7 Å². The number of alkyl halides is 3. The Balaban J connectivity index is 0.00000157. The van der Waals surface area contributed by atoms with Crippen LogP contribution in [0.4, 0.5) is 13.2 Å². The molecule has 1 fully saturated rings. The van der Waals surface area contributed by atoms with Crippen molar-refractivity contribution in [3.05, 3.63) is 72.1 Å². The second kappa shape index (κ2) is 26.3. The number of likely N-dealkylation sites (N-methyl/N-ethyl adjacent to an activating group) is 2. The molecule has 372 valence electrons. The van der Waals surface area contributed by atoms with Gasteiger partial charge in [-0.05, 0) is 62.4 Å². The van der Waals surface area contributed by atoms with Crippen LogP contribution in [-0.4, -0.2) is 132 Å². The summed E-state index contributed by atoms with van der Waals surface area (Å²) in [6, 6.07) is 16.8. The standard InChI is InChI=1S/C46H69N7O7.C2HF3O2/c1-12-30(6)40(52(9)39(29(4)5)44(57)49-43(56)38(47-8)28(2)3)36(58-10)27-37(54)53-25-19-24-35(53)41(59-11)31(7)42(55)48-34(26-32-20-15-13-16-21-32)46-51-50-45(60-46)33-22-17-14-18-23-33;3-2(4,5)1(6)7/h13-18,20-23,28-31,34-36,38-41,47H,12,19,24-27H2,1-11H3,(H,48,55)(H,49,56,57);(H,6,7)/t30-,31+,34-,35-,36+,38-,39-,40-,41+;/m0./s1. The molecule has 0 aliphatic carbocycles. The van der Waals surface area contributed by atoms with E-state index in [0.29, 0.717) is 25.3 Å². The van der Waals surface area contributed by atoms with E-state index in [2.05, 4.69) is 40.0 Å². The van der Waals surface area contributed by atoms with Crippen LogP contribution in [0.25, 0.3) is 11.5 Å². The molecule has 3 aromatic rings. The number of hydrogen-bond acceptors (Lipinski definition) is 12. The molecule has 4 N–H and O–H groups in total. The molecule has 2 heterocycles. The van der Waals surface area contributed by atoms with Gasteiger partial charge in [0.1, 0.15) is 6.04 Å². The molecule has 0 radical (unpaired) electrons. The van der Waals surface area contributed by atoms with E-state index < -0.39 is 48.4 Å². The number of benzene rings is 2. The van der Waals surface area contributed by atoms with Crippen molar-refractivity contribution in [2.24, 2.45) is 23.7 Å². The Hall–Kier alpha value is -5.24. The molecule has 67 heavy (non-hydrogen) atoms. The smallest absolute Gasteiger partial charge is 0.475 e. The first kappa shape index (κ1) is 56.1. The molecule has 0 saturated carbocycles. The highest BCUT2D eigenvalue weighted by Gasteiger charge is 2.44. The molecule has 0 unspecified atom stereocenters. The normalized spacial score (nSPS) is 17.7. The van der Waals surface area contributed by atoms with E-state index in [1.54, 1.807) is 21.3 Å². The van der Waals surface area contributed by atoms with Crippen LogP contribution < -0.4 is 16.0 Å². The molecule has 4 amide bonds. The van der Waals surface area contributed by atoms with E-state index >= 15 is 0 Å². The minimum absolute atomic E-state index is 0.0129. The summed E-state index contributed by atoms with van der Waals surface area (Å²) in [5.74, 6) is -4.01. The lowest BCUT2D eigenvalue weighted by molar-refractivity contribution is -0.192. The number of aliphatic carboxylic acids is 1. The summed E-state index contributed by atoms with van der Waals surface area (Å²) in [6.07, 6.45) is -3.58. The third-order valence-corrected chi connectivity index (χ3v) is 12.4. The van der Waals surface area contributed by atoms with Gasteiger partial charge in [-0.15, -0.1) is 10.2 Å². The number of carbonyl (C=O) groups is 5. The van der Waals surface area contributed by atoms with E-state index in [9.17, 15) is 32.3 Å². The summed E-state index contributed by atoms with van der Waals surface area (Å²) in [5, 5.41) is 24.6. The van der Waals surface area contributed by atoms with Gasteiger partial charge < -0.3 is 34.5 Å². The van der Waals surface area contributed by atoms with Gasteiger partial charge in [0, 0.05) is 38.8 Å². The Morgan fingerprint density at radius 2 is 1.49 bits per heavy atom. The first-order valence-electron chi connectivity index (χ1n) is 22.7. The predicted octanol–water partition coefficient (Wildman–Crippen LogP) is 6.08. The summed E-state index contributed by atoms with van der Waals surface area (Å²) in [7, 11) is 6.76. The van der Waals surface area contributed by atoms with Gasteiger partial charge in [-0.3, -0.25) is 29.4 Å². The van der Waals surface area contributed by atoms with Crippen molar-refractivity contribution in [3.63, 3.8) is 0 Å². The number of hydrogen-bond donors (Lipinski definition) is 4. The summed E-state index contributed by atoms with van der Waals surface area (Å²) in [5.41, 5.74) is 1.77. The van der Waals surface area contributed by atoms with Crippen LogP contribution in [-0.2, 0) is 39.9 Å². The number of carbonyl (C=O) groups excluding carboxylic acids is 4. The second-order valence-electron chi connectivity index (χ2n) is 17.7. The quantitative estimate of drug-likeness (QED) is 0.0904. The molecule has 2 aromatic carbocycles. The minimum atomic E-state index is -5.08. The third kappa shape index (κ3) is 15.7. The Morgan fingerprint density at radius 3 is 2.00 bits per heavy atom. The third-order valence-electron chi connectivity index (χ3n) is 12.4. The number of imide groups is 1. The zero-order valence-corrected chi connectivity index (χ0v) is 40.5. The van der Waals surface area contributed by atoms with E-state index in [1.165, 1.54) is 0 Å². The number of carboxylic acid groups (broad SMARTS) is 1. The number of aromatic nitrogens is 2. The lowest BCUT2D eigenvalue weighted by atomic mass is 9.87. The van der Waals surface area contributed by atoms with Gasteiger partial charge in [0.25, 0.3) is 0 Å². The van der Waals surface area contributed by atoms with Gasteiger partial charge in [-0.2, -0.15) is 13.2 Å². The van der Waals surface area contributed by atoms with Crippen LogP contribution in [0.5, 0.6) is 0 Å². The zero-order valence-electron chi connectivity index (χ0n) is 40.5. The van der Waals surface area contributed by atoms with Gasteiger partial charge in [0.15, 0.2) is 0 Å². The zero-order chi connectivity index (χ0) is 50.2. The summed E-state index contributed by atoms with van der Waals surface area (Å²) >= 11 is 0. The average molecular weight is 946 g/mol. The number of halogens is 3. The molecule has 16 nitrogen and oxygen atoms in total. The highest BCUT2D eigenvalue weighted by molar-refractivity contribution is 6.00. The predicted molar refractivity (Wildman–Crippen MR) is 245 cm³/mol. The maximum atomic E-state index is 14.4. The monoisotopic (exact) mass is 946 g/mol. The van der Waals surface area contributed by atoms with Gasteiger partial charge in [-0.1, -0.05) is 103 Å². The van der Waals surface area contributed by atoms with Crippen LogP contribution >= 0.6 is 0 Å². The van der Waals surface area contributed by atoms with Crippen LogP contribution in [0.3, 0.4) is 0 Å². The van der Waals surface area contributed by atoms with Crippen molar-refractivity contribution in [2.75, 3.05) is 34.9 Å². The molecule has 1 aliphatic heterocycles. The van der Waals surface area contributed by atoms with Gasteiger partial charge in [-0.25, -0.2) is 4.79 Å². The van der Waals surface area contributed by atoms with E-state index in [-0.39, 0.29) is 65.8 Å². The topological polar surface area (TPSA) is 206 Å². The Kier molecular flexibility index (Phi) is 22.1. The SMILES string of the molecule is CC[C@H](C)[C@@H]([C@@H](CC(=O)N1CCC[C@H]1[C@H](OC)[C@@H](C)C(=O)N[C@@H](Cc1ccccc1)c1nnc(-c2ccccc2)o1)OC)N(C)[C@H](C(=O)NC(=O)[C@@H](NC)C(C)C)C(C)C.O=C(O)C(F)(F)F.